The molecule has 2 heterocycles. The number of benzene rings is 2. The maximum atomic E-state index is 5.52. The van der Waals surface area contributed by atoms with Crippen molar-refractivity contribution < 1.29 is 4.74 Å². The van der Waals surface area contributed by atoms with E-state index in [0.29, 0.717) is 6.61 Å². The van der Waals surface area contributed by atoms with Gasteiger partial charge in [0.25, 0.3) is 0 Å². The molecule has 1 atom stereocenters. The van der Waals surface area contributed by atoms with Crippen molar-refractivity contribution in [2.24, 2.45) is 0 Å². The van der Waals surface area contributed by atoms with Crippen LogP contribution in [0.25, 0.3) is 5.70 Å². The molecule has 0 bridgehead atoms. The summed E-state index contributed by atoms with van der Waals surface area (Å²) < 4.78 is 7.41. The molecule has 0 saturated carbocycles. The minimum atomic E-state index is 0.0199. The van der Waals surface area contributed by atoms with Crippen molar-refractivity contribution in [1.29, 1.82) is 0 Å². The summed E-state index contributed by atoms with van der Waals surface area (Å²) in [6.45, 7) is 2.65. The molecule has 1 N–H and O–H groups in total. The van der Waals surface area contributed by atoms with Gasteiger partial charge in [-0.2, -0.15) is 10.1 Å². The van der Waals surface area contributed by atoms with Crippen LogP contribution in [0.2, 0.25) is 0 Å². The monoisotopic (exact) mass is 318 g/mol. The van der Waals surface area contributed by atoms with Crippen molar-refractivity contribution in [3.63, 3.8) is 0 Å². The Balaban J connectivity index is 1.72. The second kappa shape index (κ2) is 6.20. The summed E-state index contributed by atoms with van der Waals surface area (Å²) in [5, 5.41) is 7.71. The minimum Gasteiger partial charge on any atom is -0.494 e. The number of allylic oxidation sites excluding steroid dienone is 1. The van der Waals surface area contributed by atoms with E-state index in [-0.39, 0.29) is 6.04 Å². The molecule has 0 unspecified atom stereocenters. The van der Waals surface area contributed by atoms with Gasteiger partial charge in [0.2, 0.25) is 5.95 Å². The molecule has 0 spiro atoms. The average Bonchev–Trinajstić information content (AvgIpc) is 3.11. The van der Waals surface area contributed by atoms with Gasteiger partial charge in [-0.05, 0) is 48.4 Å². The Morgan fingerprint density at radius 3 is 2.62 bits per heavy atom. The van der Waals surface area contributed by atoms with Crippen LogP contribution in [0.1, 0.15) is 24.1 Å². The van der Waals surface area contributed by atoms with E-state index in [0.717, 1.165) is 23.0 Å². The van der Waals surface area contributed by atoms with Gasteiger partial charge in [-0.25, -0.2) is 4.68 Å². The van der Waals surface area contributed by atoms with Crippen molar-refractivity contribution in [1.82, 2.24) is 14.8 Å². The largest absolute Gasteiger partial charge is 0.494 e. The van der Waals surface area contributed by atoms with E-state index in [9.17, 15) is 0 Å². The highest BCUT2D eigenvalue weighted by Gasteiger charge is 2.23. The van der Waals surface area contributed by atoms with E-state index < -0.39 is 0 Å². The molecule has 5 nitrogen and oxygen atoms in total. The van der Waals surface area contributed by atoms with Crippen molar-refractivity contribution >= 4 is 11.6 Å². The second-order valence-electron chi connectivity index (χ2n) is 5.55. The SMILES string of the molecule is CCOc1ccc(C2=C[C@H](c3ccccc3)n3ncnc3N2)cc1. The summed E-state index contributed by atoms with van der Waals surface area (Å²) in [6, 6.07) is 18.4. The van der Waals surface area contributed by atoms with Crippen molar-refractivity contribution in [3.05, 3.63) is 78.1 Å². The fraction of sp³-hybridized carbons (Fsp3) is 0.158. The first-order valence-electron chi connectivity index (χ1n) is 8.01. The van der Waals surface area contributed by atoms with Crippen LogP contribution in [0.5, 0.6) is 5.75 Å². The fourth-order valence-corrected chi connectivity index (χ4v) is 2.89. The van der Waals surface area contributed by atoms with Crippen LogP contribution in [-0.2, 0) is 0 Å². The van der Waals surface area contributed by atoms with Gasteiger partial charge >= 0.3 is 0 Å². The average molecular weight is 318 g/mol. The minimum absolute atomic E-state index is 0.0199. The maximum absolute atomic E-state index is 5.52. The van der Waals surface area contributed by atoms with Gasteiger partial charge in [0, 0.05) is 5.70 Å². The molecule has 0 fully saturated rings. The number of anilines is 1. The Labute approximate surface area is 140 Å². The third-order valence-corrected chi connectivity index (χ3v) is 4.02. The summed E-state index contributed by atoms with van der Waals surface area (Å²) in [7, 11) is 0. The number of fused-ring (bicyclic) bond motifs is 1. The molecule has 120 valence electrons. The van der Waals surface area contributed by atoms with Crippen LogP contribution in [-0.4, -0.2) is 21.4 Å². The number of ether oxygens (including phenoxy) is 1. The highest BCUT2D eigenvalue weighted by molar-refractivity contribution is 5.77. The van der Waals surface area contributed by atoms with E-state index in [1.54, 1.807) is 6.33 Å². The quantitative estimate of drug-likeness (QED) is 0.796. The molecule has 2 aromatic carbocycles. The van der Waals surface area contributed by atoms with Crippen LogP contribution in [0, 0.1) is 0 Å². The fourth-order valence-electron chi connectivity index (χ4n) is 2.89. The van der Waals surface area contributed by atoms with Crippen molar-refractivity contribution in [2.75, 3.05) is 11.9 Å². The molecule has 0 amide bonds. The number of nitrogens with zero attached hydrogens (tertiary/aromatic N) is 3. The van der Waals surface area contributed by atoms with Crippen LogP contribution in [0.4, 0.5) is 5.95 Å². The van der Waals surface area contributed by atoms with Gasteiger partial charge in [-0.15, -0.1) is 0 Å². The first kappa shape index (κ1) is 14.5. The van der Waals surface area contributed by atoms with Gasteiger partial charge in [0.15, 0.2) is 0 Å². The Morgan fingerprint density at radius 2 is 1.88 bits per heavy atom. The molecule has 1 aromatic heterocycles. The number of nitrogens with one attached hydrogen (secondary N) is 1. The lowest BCUT2D eigenvalue weighted by molar-refractivity contribution is 0.340. The van der Waals surface area contributed by atoms with E-state index in [2.05, 4.69) is 45.7 Å². The summed E-state index contributed by atoms with van der Waals surface area (Å²) >= 11 is 0. The van der Waals surface area contributed by atoms with Crippen molar-refractivity contribution in [3.8, 4) is 5.75 Å². The Morgan fingerprint density at radius 1 is 1.08 bits per heavy atom. The zero-order valence-electron chi connectivity index (χ0n) is 13.4. The highest BCUT2D eigenvalue weighted by Crippen LogP contribution is 2.32. The molecule has 0 saturated heterocycles. The lowest BCUT2D eigenvalue weighted by Crippen LogP contribution is -2.20. The second-order valence-corrected chi connectivity index (χ2v) is 5.55. The molecule has 4 rings (SSSR count). The topological polar surface area (TPSA) is 52.0 Å². The Hall–Kier alpha value is -3.08. The summed E-state index contributed by atoms with van der Waals surface area (Å²) in [4.78, 5) is 4.33. The standard InChI is InChI=1S/C19H18N4O/c1-2-24-16-10-8-14(9-11-16)17-12-18(15-6-4-3-5-7-15)23-19(22-17)20-13-21-23/h3-13,18H,2H2,1H3,(H,20,21,22)/t18-/m1/s1. The number of hydrogen-bond donors (Lipinski definition) is 1. The van der Waals surface area contributed by atoms with Crippen LogP contribution >= 0.6 is 0 Å². The lowest BCUT2D eigenvalue weighted by atomic mass is 10.0. The van der Waals surface area contributed by atoms with Gasteiger partial charge in [-0.1, -0.05) is 30.3 Å². The zero-order valence-corrected chi connectivity index (χ0v) is 13.4. The summed E-state index contributed by atoms with van der Waals surface area (Å²) in [6.07, 6.45) is 3.75. The molecule has 0 radical (unpaired) electrons. The molecular formula is C19H18N4O. The van der Waals surface area contributed by atoms with E-state index >= 15 is 0 Å². The van der Waals surface area contributed by atoms with Crippen LogP contribution in [0.3, 0.4) is 0 Å². The van der Waals surface area contributed by atoms with Crippen LogP contribution < -0.4 is 10.1 Å². The molecule has 3 aromatic rings. The van der Waals surface area contributed by atoms with Crippen molar-refractivity contribution in [2.45, 2.75) is 13.0 Å². The first-order valence-corrected chi connectivity index (χ1v) is 8.01. The molecule has 5 heteroatoms. The number of hydrogen-bond acceptors (Lipinski definition) is 4. The normalized spacial score (nSPS) is 16.0. The molecular weight excluding hydrogens is 300 g/mol. The predicted octanol–water partition coefficient (Wildman–Crippen LogP) is 3.73. The Kier molecular flexibility index (Phi) is 3.75. The van der Waals surface area contributed by atoms with Crippen LogP contribution in [0.15, 0.2) is 67.0 Å². The smallest absolute Gasteiger partial charge is 0.226 e. The van der Waals surface area contributed by atoms with Gasteiger partial charge < -0.3 is 10.1 Å². The molecule has 1 aliphatic heterocycles. The highest BCUT2D eigenvalue weighted by atomic mass is 16.5. The summed E-state index contributed by atoms with van der Waals surface area (Å²) in [5.74, 6) is 1.62. The van der Waals surface area contributed by atoms with E-state index in [4.69, 9.17) is 4.74 Å². The Bertz CT molecular complexity index is 853. The zero-order chi connectivity index (χ0) is 16.4. The molecule has 1 aliphatic rings. The van der Waals surface area contributed by atoms with E-state index in [1.807, 2.05) is 41.9 Å². The van der Waals surface area contributed by atoms with Gasteiger partial charge in [-0.3, -0.25) is 0 Å². The number of aromatic nitrogens is 3. The summed E-state index contributed by atoms with van der Waals surface area (Å²) in [5.41, 5.74) is 3.29. The number of rotatable bonds is 4. The lowest BCUT2D eigenvalue weighted by Gasteiger charge is -2.24. The first-order chi connectivity index (χ1) is 11.8. The predicted molar refractivity (Wildman–Crippen MR) is 93.8 cm³/mol. The third kappa shape index (κ3) is 2.65. The van der Waals surface area contributed by atoms with Gasteiger partial charge in [0.05, 0.1) is 6.61 Å². The van der Waals surface area contributed by atoms with E-state index in [1.165, 1.54) is 5.56 Å². The molecule has 0 aliphatic carbocycles. The van der Waals surface area contributed by atoms with Gasteiger partial charge in [0.1, 0.15) is 18.1 Å². The molecule has 24 heavy (non-hydrogen) atoms. The maximum Gasteiger partial charge on any atom is 0.226 e. The third-order valence-electron chi connectivity index (χ3n) is 4.02.